The third kappa shape index (κ3) is 31.3. The summed E-state index contributed by atoms with van der Waals surface area (Å²) < 4.78 is 41.4. The summed E-state index contributed by atoms with van der Waals surface area (Å²) in [6.45, 7) is 11.4. The van der Waals surface area contributed by atoms with Gasteiger partial charge < -0.3 is 4.55 Å². The molecule has 5 heteroatoms. The molecule has 354 valence electrons. The van der Waals surface area contributed by atoms with E-state index in [1.807, 2.05) is 0 Å². The molecule has 0 aliphatic carbocycles. The molecule has 0 aliphatic heterocycles. The average Bonchev–Trinajstić information content (AvgIpc) is 3.23. The molecule has 0 spiro atoms. The molecule has 0 heterocycles. The molecule has 0 fully saturated rings. The van der Waals surface area contributed by atoms with Crippen molar-refractivity contribution in [1.29, 1.82) is 0 Å². The third-order valence-corrected chi connectivity index (χ3v) is 14.6. The topological polar surface area (TPSA) is 57.2 Å². The van der Waals surface area contributed by atoms with Crippen LogP contribution in [0.25, 0.3) is 0 Å². The van der Waals surface area contributed by atoms with E-state index in [1.165, 1.54) is 235 Å². The molecular formula is C56H105LiO3S. The van der Waals surface area contributed by atoms with Crippen LogP contribution in [-0.2, 0) is 42.2 Å². The Morgan fingerprint density at radius 2 is 0.410 bits per heavy atom. The van der Waals surface area contributed by atoms with Crippen molar-refractivity contribution in [2.24, 2.45) is 0 Å². The largest absolute Gasteiger partial charge is 1.00 e. The van der Waals surface area contributed by atoms with Crippen LogP contribution in [0.15, 0.2) is 4.90 Å². The smallest absolute Gasteiger partial charge is 0.744 e. The Bertz CT molecular complexity index is 1150. The molecular weight excluding hydrogens is 760 g/mol. The minimum absolute atomic E-state index is 0. The van der Waals surface area contributed by atoms with Gasteiger partial charge in [0, 0.05) is 0 Å². The van der Waals surface area contributed by atoms with Gasteiger partial charge in [-0.25, -0.2) is 8.42 Å². The Morgan fingerprint density at radius 1 is 0.262 bits per heavy atom. The van der Waals surface area contributed by atoms with E-state index in [0.717, 1.165) is 81.8 Å². The molecule has 0 N–H and O–H groups in total. The standard InChI is InChI=1S/C56H106O3S.Li/c1-6-11-16-21-26-31-36-41-46-51-52(47-42-37-32-27-22-17-12-7-2)54(49-44-39-34-29-24-19-14-9-4)56(60(57,58)59)55(50-45-40-35-30-25-20-15-10-5)53(51)48-43-38-33-28-23-18-13-8-3;/h6-50H2,1-5H3,(H,57,58,59);/q;+1/p-1. The van der Waals surface area contributed by atoms with E-state index in [4.69, 9.17) is 0 Å². The summed E-state index contributed by atoms with van der Waals surface area (Å²) in [7, 11) is -4.63. The zero-order chi connectivity index (χ0) is 43.8. The van der Waals surface area contributed by atoms with Gasteiger partial charge in [-0.3, -0.25) is 0 Å². The first-order valence-electron chi connectivity index (χ1n) is 27.5. The Labute approximate surface area is 396 Å². The maximum absolute atomic E-state index is 13.8. The van der Waals surface area contributed by atoms with Crippen molar-refractivity contribution in [3.63, 3.8) is 0 Å². The molecule has 0 saturated heterocycles. The van der Waals surface area contributed by atoms with E-state index < -0.39 is 10.1 Å². The first-order valence-corrected chi connectivity index (χ1v) is 28.9. The van der Waals surface area contributed by atoms with Crippen LogP contribution in [0.2, 0.25) is 0 Å². The normalized spacial score (nSPS) is 11.8. The molecule has 61 heavy (non-hydrogen) atoms. The zero-order valence-electron chi connectivity index (χ0n) is 42.5. The Kier molecular flexibility index (Phi) is 43.4. The second-order valence-electron chi connectivity index (χ2n) is 19.3. The summed E-state index contributed by atoms with van der Waals surface area (Å²) >= 11 is 0. The molecule has 3 nitrogen and oxygen atoms in total. The van der Waals surface area contributed by atoms with Crippen LogP contribution in [0.4, 0.5) is 0 Å². The Morgan fingerprint density at radius 3 is 0.590 bits per heavy atom. The van der Waals surface area contributed by atoms with Gasteiger partial charge in [-0.05, 0) is 92.0 Å². The van der Waals surface area contributed by atoms with Crippen LogP contribution in [0.3, 0.4) is 0 Å². The van der Waals surface area contributed by atoms with E-state index in [2.05, 4.69) is 34.6 Å². The van der Waals surface area contributed by atoms with Crippen molar-refractivity contribution < 1.29 is 31.8 Å². The quantitative estimate of drug-likeness (QED) is 0.0373. The van der Waals surface area contributed by atoms with Crippen LogP contribution >= 0.6 is 0 Å². The number of unbranched alkanes of at least 4 members (excludes halogenated alkanes) is 35. The Hall–Kier alpha value is -0.273. The fraction of sp³-hybridized carbons (Fsp3) is 0.893. The van der Waals surface area contributed by atoms with Gasteiger partial charge in [0.2, 0.25) is 0 Å². The number of benzene rings is 1. The number of rotatable bonds is 46. The van der Waals surface area contributed by atoms with E-state index in [0.29, 0.717) is 0 Å². The summed E-state index contributed by atoms with van der Waals surface area (Å²) in [5.41, 5.74) is 6.08. The molecule has 0 amide bonds. The summed E-state index contributed by atoms with van der Waals surface area (Å²) in [6, 6.07) is 0. The minimum atomic E-state index is -4.63. The van der Waals surface area contributed by atoms with Gasteiger partial charge in [0.15, 0.2) is 0 Å². The van der Waals surface area contributed by atoms with Crippen LogP contribution < -0.4 is 18.9 Å². The first-order chi connectivity index (χ1) is 29.4. The van der Waals surface area contributed by atoms with Crippen molar-refractivity contribution >= 4 is 10.1 Å². The van der Waals surface area contributed by atoms with Gasteiger partial charge >= 0.3 is 18.9 Å². The minimum Gasteiger partial charge on any atom is -0.744 e. The molecule has 0 aromatic heterocycles. The molecule has 0 radical (unpaired) electrons. The van der Waals surface area contributed by atoms with Crippen molar-refractivity contribution in [2.75, 3.05) is 0 Å². The monoisotopic (exact) mass is 865 g/mol. The van der Waals surface area contributed by atoms with Crippen LogP contribution in [0.1, 0.15) is 319 Å². The van der Waals surface area contributed by atoms with Gasteiger partial charge in [-0.1, -0.05) is 259 Å². The second kappa shape index (κ2) is 43.6. The second-order valence-corrected chi connectivity index (χ2v) is 20.6. The van der Waals surface area contributed by atoms with Crippen molar-refractivity contribution in [1.82, 2.24) is 0 Å². The van der Waals surface area contributed by atoms with Crippen LogP contribution in [0.5, 0.6) is 0 Å². The summed E-state index contributed by atoms with van der Waals surface area (Å²) in [4.78, 5) is 0.261. The molecule has 1 rings (SSSR count). The average molecular weight is 865 g/mol. The molecule has 0 atom stereocenters. The van der Waals surface area contributed by atoms with Crippen LogP contribution in [-0.4, -0.2) is 13.0 Å². The number of hydrogen-bond donors (Lipinski definition) is 0. The summed E-state index contributed by atoms with van der Waals surface area (Å²) in [5, 5.41) is 0. The molecule has 0 aliphatic rings. The summed E-state index contributed by atoms with van der Waals surface area (Å²) in [6.07, 6.45) is 54.8. The molecule has 0 saturated carbocycles. The zero-order valence-corrected chi connectivity index (χ0v) is 43.3. The Balaban J connectivity index is 0.0000360. The maximum atomic E-state index is 13.8. The van der Waals surface area contributed by atoms with Gasteiger partial charge in [-0.2, -0.15) is 0 Å². The fourth-order valence-electron chi connectivity index (χ4n) is 9.92. The van der Waals surface area contributed by atoms with E-state index >= 15 is 0 Å². The SMILES string of the molecule is CCCCCCCCCCc1c(CCCCCCCCCC)c(CCCCCCCCCC)c(S(=O)(=O)[O-])c(CCCCCCCCCC)c1CCCCCCCCCC.[Li+]. The molecule has 1 aromatic carbocycles. The van der Waals surface area contributed by atoms with Gasteiger partial charge in [-0.15, -0.1) is 0 Å². The van der Waals surface area contributed by atoms with Crippen molar-refractivity contribution in [3.8, 4) is 0 Å². The first kappa shape index (κ1) is 60.7. The third-order valence-electron chi connectivity index (χ3n) is 13.7. The fourth-order valence-corrected chi connectivity index (χ4v) is 11.0. The number of hydrogen-bond acceptors (Lipinski definition) is 3. The predicted molar refractivity (Wildman–Crippen MR) is 266 cm³/mol. The predicted octanol–water partition coefficient (Wildman–Crippen LogP) is 16.0. The van der Waals surface area contributed by atoms with E-state index in [1.54, 1.807) is 0 Å². The molecule has 0 bridgehead atoms. The maximum Gasteiger partial charge on any atom is 1.00 e. The van der Waals surface area contributed by atoms with Gasteiger partial charge in [0.05, 0.1) is 4.90 Å². The van der Waals surface area contributed by atoms with E-state index in [-0.39, 0.29) is 23.8 Å². The molecule has 1 aromatic rings. The van der Waals surface area contributed by atoms with Crippen LogP contribution in [0, 0.1) is 0 Å². The summed E-state index contributed by atoms with van der Waals surface area (Å²) in [5.74, 6) is 0. The van der Waals surface area contributed by atoms with Crippen molar-refractivity contribution in [2.45, 2.75) is 328 Å². The van der Waals surface area contributed by atoms with E-state index in [9.17, 15) is 13.0 Å². The van der Waals surface area contributed by atoms with Crippen molar-refractivity contribution in [3.05, 3.63) is 27.8 Å². The van der Waals surface area contributed by atoms with Gasteiger partial charge in [0.1, 0.15) is 10.1 Å². The van der Waals surface area contributed by atoms with Gasteiger partial charge in [0.25, 0.3) is 0 Å². The molecule has 0 unspecified atom stereocenters.